The lowest BCUT2D eigenvalue weighted by Crippen LogP contribution is -2.44. The Hall–Kier alpha value is -2.66. The number of amides is 1. The molecule has 0 aliphatic heterocycles. The summed E-state index contributed by atoms with van der Waals surface area (Å²) in [5.74, 6) is -0.748. The molecule has 0 saturated carbocycles. The maximum Gasteiger partial charge on any atom is 0.321 e. The third kappa shape index (κ3) is 6.53. The number of carbonyl (C=O) groups excluding carboxylic acids is 1. The number of carbonyl (C=O) groups is 2. The summed E-state index contributed by atoms with van der Waals surface area (Å²) in [5, 5.41) is 15.5. The van der Waals surface area contributed by atoms with E-state index < -0.39 is 12.0 Å². The average Bonchev–Trinajstić information content (AvgIpc) is 2.62. The fourth-order valence-electron chi connectivity index (χ4n) is 3.06. The number of rotatable bonds is 9. The highest BCUT2D eigenvalue weighted by atomic mass is 16.4. The summed E-state index contributed by atoms with van der Waals surface area (Å²) in [5.41, 5.74) is 2.84. The normalized spacial score (nSPS) is 13.2. The summed E-state index contributed by atoms with van der Waals surface area (Å²) in [6, 6.07) is 16.2. The number of hydrogen-bond acceptors (Lipinski definition) is 3. The Balaban J connectivity index is 1.94. The number of carboxylic acids is 1. The number of carboxylic acid groups (broad SMARTS) is 1. The van der Waals surface area contributed by atoms with Gasteiger partial charge in [0.05, 0.1) is 0 Å². The zero-order chi connectivity index (χ0) is 19.8. The molecule has 5 heteroatoms. The van der Waals surface area contributed by atoms with Gasteiger partial charge in [0.15, 0.2) is 0 Å². The standard InChI is InChI=1S/C22H28N2O3/c1-15(2)18-11-7-8-12-19(18)24-21(25)13-16(3)23-20(22(26)27)14-17-9-5-4-6-10-17/h4-12,15-16,20,23H,13-14H2,1-3H3,(H,24,25)(H,26,27)/t16?,20-/m1/s1. The van der Waals surface area contributed by atoms with Gasteiger partial charge in [-0.1, -0.05) is 62.4 Å². The van der Waals surface area contributed by atoms with Gasteiger partial charge in [0.1, 0.15) is 6.04 Å². The van der Waals surface area contributed by atoms with Crippen LogP contribution in [0, 0.1) is 0 Å². The molecular weight excluding hydrogens is 340 g/mol. The van der Waals surface area contributed by atoms with Crippen LogP contribution in [0.1, 0.15) is 44.2 Å². The number of anilines is 1. The predicted molar refractivity (Wildman–Crippen MR) is 108 cm³/mol. The first-order valence-corrected chi connectivity index (χ1v) is 9.28. The number of nitrogens with one attached hydrogen (secondary N) is 2. The molecule has 2 aromatic rings. The molecule has 1 amide bonds. The smallest absolute Gasteiger partial charge is 0.321 e. The lowest BCUT2D eigenvalue weighted by atomic mass is 10.0. The first-order valence-electron chi connectivity index (χ1n) is 9.28. The first-order chi connectivity index (χ1) is 12.9. The van der Waals surface area contributed by atoms with Gasteiger partial charge in [0.2, 0.25) is 5.91 Å². The van der Waals surface area contributed by atoms with Crippen LogP contribution < -0.4 is 10.6 Å². The second-order valence-electron chi connectivity index (χ2n) is 7.14. The van der Waals surface area contributed by atoms with Crippen LogP contribution in [0.3, 0.4) is 0 Å². The van der Waals surface area contributed by atoms with Gasteiger partial charge in [-0.25, -0.2) is 0 Å². The molecule has 5 nitrogen and oxygen atoms in total. The minimum Gasteiger partial charge on any atom is -0.480 e. The monoisotopic (exact) mass is 368 g/mol. The second-order valence-corrected chi connectivity index (χ2v) is 7.14. The largest absolute Gasteiger partial charge is 0.480 e. The van der Waals surface area contributed by atoms with Gasteiger partial charge in [0, 0.05) is 18.2 Å². The number of aliphatic carboxylic acids is 1. The summed E-state index contributed by atoms with van der Waals surface area (Å²) in [7, 11) is 0. The molecule has 0 spiro atoms. The molecule has 0 bridgehead atoms. The third-order valence-electron chi connectivity index (χ3n) is 4.41. The van der Waals surface area contributed by atoms with Crippen LogP contribution in [0.15, 0.2) is 54.6 Å². The third-order valence-corrected chi connectivity index (χ3v) is 4.41. The van der Waals surface area contributed by atoms with Crippen LogP contribution in [-0.2, 0) is 16.0 Å². The van der Waals surface area contributed by atoms with E-state index in [4.69, 9.17) is 0 Å². The summed E-state index contributed by atoms with van der Waals surface area (Å²) in [6.07, 6.45) is 0.573. The molecule has 144 valence electrons. The Morgan fingerprint density at radius 2 is 1.59 bits per heavy atom. The molecule has 0 heterocycles. The van der Waals surface area contributed by atoms with Gasteiger partial charge in [-0.05, 0) is 36.5 Å². The van der Waals surface area contributed by atoms with Gasteiger partial charge in [-0.15, -0.1) is 0 Å². The maximum absolute atomic E-state index is 12.4. The van der Waals surface area contributed by atoms with Gasteiger partial charge < -0.3 is 15.7 Å². The summed E-state index contributed by atoms with van der Waals surface area (Å²) in [6.45, 7) is 5.99. The average molecular weight is 368 g/mol. The quantitative estimate of drug-likeness (QED) is 0.629. The zero-order valence-corrected chi connectivity index (χ0v) is 16.1. The van der Waals surface area contributed by atoms with Gasteiger partial charge >= 0.3 is 5.97 Å². The Morgan fingerprint density at radius 3 is 2.22 bits per heavy atom. The van der Waals surface area contributed by atoms with E-state index in [1.807, 2.05) is 61.5 Å². The molecule has 0 aliphatic rings. The van der Waals surface area contributed by atoms with Crippen molar-refractivity contribution in [2.75, 3.05) is 5.32 Å². The van der Waals surface area contributed by atoms with E-state index in [-0.39, 0.29) is 18.4 Å². The van der Waals surface area contributed by atoms with Gasteiger partial charge in [-0.2, -0.15) is 0 Å². The topological polar surface area (TPSA) is 78.4 Å². The SMILES string of the molecule is CC(CC(=O)Nc1ccccc1C(C)C)N[C@H](Cc1ccccc1)C(=O)O. The number of benzene rings is 2. The van der Waals surface area contributed by atoms with Crippen LogP contribution in [0.25, 0.3) is 0 Å². The number of para-hydroxylation sites is 1. The molecule has 0 aromatic heterocycles. The maximum atomic E-state index is 12.4. The summed E-state index contributed by atoms with van der Waals surface area (Å²) < 4.78 is 0. The predicted octanol–water partition coefficient (Wildman–Crippen LogP) is 3.81. The van der Waals surface area contributed by atoms with Gasteiger partial charge in [0.25, 0.3) is 0 Å². The first kappa shape index (κ1) is 20.6. The fourth-order valence-corrected chi connectivity index (χ4v) is 3.06. The minimum absolute atomic E-state index is 0.132. The molecule has 2 aromatic carbocycles. The van der Waals surface area contributed by atoms with E-state index in [1.54, 1.807) is 0 Å². The second kappa shape index (κ2) is 9.88. The van der Waals surface area contributed by atoms with E-state index in [1.165, 1.54) is 0 Å². The van der Waals surface area contributed by atoms with Crippen LogP contribution in [0.5, 0.6) is 0 Å². The minimum atomic E-state index is -0.920. The van der Waals surface area contributed by atoms with Crippen LogP contribution in [-0.4, -0.2) is 29.1 Å². The van der Waals surface area contributed by atoms with E-state index in [2.05, 4.69) is 24.5 Å². The molecule has 2 rings (SSSR count). The van der Waals surface area contributed by atoms with Crippen molar-refractivity contribution in [3.05, 3.63) is 65.7 Å². The van der Waals surface area contributed by atoms with Crippen LogP contribution >= 0.6 is 0 Å². The van der Waals surface area contributed by atoms with Crippen molar-refractivity contribution < 1.29 is 14.7 Å². The lowest BCUT2D eigenvalue weighted by molar-refractivity contribution is -0.139. The van der Waals surface area contributed by atoms with Crippen molar-refractivity contribution >= 4 is 17.6 Å². The molecule has 0 fully saturated rings. The summed E-state index contributed by atoms with van der Waals surface area (Å²) in [4.78, 5) is 24.0. The van der Waals surface area contributed by atoms with Crippen molar-refractivity contribution in [3.8, 4) is 0 Å². The van der Waals surface area contributed by atoms with E-state index >= 15 is 0 Å². The van der Waals surface area contributed by atoms with E-state index in [9.17, 15) is 14.7 Å². The molecular formula is C22H28N2O3. The highest BCUT2D eigenvalue weighted by Crippen LogP contribution is 2.23. The fraction of sp³-hybridized carbons (Fsp3) is 0.364. The Bertz CT molecular complexity index is 759. The van der Waals surface area contributed by atoms with Crippen molar-refractivity contribution in [2.45, 2.75) is 51.6 Å². The van der Waals surface area contributed by atoms with Crippen molar-refractivity contribution in [2.24, 2.45) is 0 Å². The van der Waals surface area contributed by atoms with E-state index in [0.717, 1.165) is 16.8 Å². The molecule has 27 heavy (non-hydrogen) atoms. The molecule has 2 atom stereocenters. The lowest BCUT2D eigenvalue weighted by Gasteiger charge is -2.21. The van der Waals surface area contributed by atoms with E-state index in [0.29, 0.717) is 12.3 Å². The zero-order valence-electron chi connectivity index (χ0n) is 16.1. The highest BCUT2D eigenvalue weighted by molar-refractivity contribution is 5.92. The molecule has 0 radical (unpaired) electrons. The van der Waals surface area contributed by atoms with Crippen LogP contribution in [0.2, 0.25) is 0 Å². The molecule has 3 N–H and O–H groups in total. The molecule has 0 saturated heterocycles. The van der Waals surface area contributed by atoms with Crippen LogP contribution in [0.4, 0.5) is 5.69 Å². The highest BCUT2D eigenvalue weighted by Gasteiger charge is 2.21. The van der Waals surface area contributed by atoms with Crippen molar-refractivity contribution in [3.63, 3.8) is 0 Å². The Morgan fingerprint density at radius 1 is 0.963 bits per heavy atom. The van der Waals surface area contributed by atoms with Crippen molar-refractivity contribution in [1.29, 1.82) is 0 Å². The molecule has 1 unspecified atom stereocenters. The summed E-state index contributed by atoms with van der Waals surface area (Å²) >= 11 is 0. The molecule has 0 aliphatic carbocycles. The van der Waals surface area contributed by atoms with Gasteiger partial charge in [-0.3, -0.25) is 9.59 Å². The Labute approximate surface area is 160 Å². The van der Waals surface area contributed by atoms with Crippen molar-refractivity contribution in [1.82, 2.24) is 5.32 Å². The Kier molecular flexibility index (Phi) is 7.55. The number of hydrogen-bond donors (Lipinski definition) is 3.